The Labute approximate surface area is 158 Å². The van der Waals surface area contributed by atoms with Crippen LogP contribution in [0.3, 0.4) is 0 Å². The van der Waals surface area contributed by atoms with Crippen LogP contribution >= 0.6 is 0 Å². The minimum Gasteiger partial charge on any atom is -0.497 e. The number of aliphatic imine (C=N–C) groups is 1. The van der Waals surface area contributed by atoms with Gasteiger partial charge in [-0.15, -0.1) is 0 Å². The number of rotatable bonds is 4. The molecule has 1 aromatic heterocycles. The lowest BCUT2D eigenvalue weighted by Gasteiger charge is -2.22. The molecular formula is C21H22N4O2. The van der Waals surface area contributed by atoms with Crippen LogP contribution in [0.2, 0.25) is 0 Å². The molecule has 4 rings (SSSR count). The minimum absolute atomic E-state index is 0.0161. The predicted molar refractivity (Wildman–Crippen MR) is 106 cm³/mol. The Morgan fingerprint density at radius 2 is 1.96 bits per heavy atom. The molecule has 1 atom stereocenters. The van der Waals surface area contributed by atoms with Crippen molar-refractivity contribution >= 4 is 17.1 Å². The van der Waals surface area contributed by atoms with Gasteiger partial charge in [-0.25, -0.2) is 0 Å². The number of fused-ring (bicyclic) bond motifs is 1. The molecule has 0 bridgehead atoms. The fourth-order valence-electron chi connectivity index (χ4n) is 3.37. The maximum atomic E-state index is 5.62. The maximum absolute atomic E-state index is 5.62. The normalized spacial score (nSPS) is 16.0. The van der Waals surface area contributed by atoms with Crippen LogP contribution in [0.5, 0.6) is 11.5 Å². The van der Waals surface area contributed by atoms with Crippen LogP contribution in [-0.4, -0.2) is 29.7 Å². The molecule has 3 aromatic rings. The van der Waals surface area contributed by atoms with Crippen molar-refractivity contribution in [2.75, 3.05) is 19.5 Å². The molecule has 0 fully saturated rings. The average molecular weight is 362 g/mol. The fourth-order valence-corrected chi connectivity index (χ4v) is 3.37. The summed E-state index contributed by atoms with van der Waals surface area (Å²) in [4.78, 5) is 4.93. The number of para-hydroxylation sites is 2. The van der Waals surface area contributed by atoms with E-state index in [1.54, 1.807) is 18.9 Å². The number of nitrogens with zero attached hydrogens (tertiary/aromatic N) is 3. The van der Waals surface area contributed by atoms with Crippen molar-refractivity contribution in [1.82, 2.24) is 9.78 Å². The van der Waals surface area contributed by atoms with Gasteiger partial charge in [-0.05, 0) is 30.3 Å². The van der Waals surface area contributed by atoms with Crippen molar-refractivity contribution in [2.45, 2.75) is 12.5 Å². The Morgan fingerprint density at radius 3 is 2.70 bits per heavy atom. The van der Waals surface area contributed by atoms with E-state index < -0.39 is 0 Å². The quantitative estimate of drug-likeness (QED) is 0.759. The number of nitrogens with one attached hydrogen (secondary N) is 1. The van der Waals surface area contributed by atoms with Crippen LogP contribution in [-0.2, 0) is 7.05 Å². The van der Waals surface area contributed by atoms with Gasteiger partial charge in [0.05, 0.1) is 43.5 Å². The number of aryl methyl sites for hydroxylation is 1. The molecule has 0 spiro atoms. The molecule has 2 aromatic carbocycles. The summed E-state index contributed by atoms with van der Waals surface area (Å²) < 4.78 is 12.8. The highest BCUT2D eigenvalue weighted by molar-refractivity contribution is 6.03. The smallest absolute Gasteiger partial charge is 0.124 e. The third-order valence-electron chi connectivity index (χ3n) is 4.74. The summed E-state index contributed by atoms with van der Waals surface area (Å²) in [5.41, 5.74) is 4.94. The fraction of sp³-hybridized carbons (Fsp3) is 0.238. The third-order valence-corrected chi connectivity index (χ3v) is 4.74. The Bertz CT molecular complexity index is 993. The standard InChI is InChI=1S/C21H22N4O2/c1-25-13-14(12-22-25)19-11-20(24-18-7-5-4-6-17(18)23-19)16-10-15(26-2)8-9-21(16)27-3/h4-10,12-13,20,24H,11H2,1-3H3/t20-/m1/s1. The van der Waals surface area contributed by atoms with Crippen molar-refractivity contribution in [3.63, 3.8) is 0 Å². The molecule has 0 unspecified atom stereocenters. The van der Waals surface area contributed by atoms with Crippen LogP contribution in [0.25, 0.3) is 0 Å². The van der Waals surface area contributed by atoms with Crippen LogP contribution in [0.1, 0.15) is 23.6 Å². The van der Waals surface area contributed by atoms with Crippen molar-refractivity contribution in [2.24, 2.45) is 12.0 Å². The first-order valence-electron chi connectivity index (χ1n) is 8.82. The molecule has 0 saturated heterocycles. The SMILES string of the molecule is COc1ccc(OC)c([C@H]2CC(c3cnn(C)c3)=Nc3ccccc3N2)c1. The average Bonchev–Trinajstić information content (AvgIpc) is 3.03. The molecule has 0 radical (unpaired) electrons. The molecule has 0 aliphatic carbocycles. The number of aromatic nitrogens is 2. The lowest BCUT2D eigenvalue weighted by atomic mass is 9.97. The van der Waals surface area contributed by atoms with E-state index >= 15 is 0 Å². The highest BCUT2D eigenvalue weighted by Gasteiger charge is 2.24. The van der Waals surface area contributed by atoms with Crippen molar-refractivity contribution in [3.05, 3.63) is 66.0 Å². The zero-order valence-electron chi connectivity index (χ0n) is 15.6. The molecule has 6 heteroatoms. The summed E-state index contributed by atoms with van der Waals surface area (Å²) in [6.07, 6.45) is 4.54. The van der Waals surface area contributed by atoms with Crippen LogP contribution < -0.4 is 14.8 Å². The second kappa shape index (κ2) is 7.15. The van der Waals surface area contributed by atoms with E-state index in [1.165, 1.54) is 0 Å². The number of anilines is 1. The van der Waals surface area contributed by atoms with Gasteiger partial charge in [0, 0.05) is 30.8 Å². The second-order valence-electron chi connectivity index (χ2n) is 6.49. The van der Waals surface area contributed by atoms with Gasteiger partial charge in [-0.2, -0.15) is 5.10 Å². The van der Waals surface area contributed by atoms with Gasteiger partial charge in [-0.1, -0.05) is 12.1 Å². The molecular weight excluding hydrogens is 340 g/mol. The molecule has 27 heavy (non-hydrogen) atoms. The second-order valence-corrected chi connectivity index (χ2v) is 6.49. The number of benzene rings is 2. The molecule has 138 valence electrons. The highest BCUT2D eigenvalue weighted by Crippen LogP contribution is 2.39. The van der Waals surface area contributed by atoms with Crippen LogP contribution in [0.4, 0.5) is 11.4 Å². The lowest BCUT2D eigenvalue weighted by molar-refractivity contribution is 0.396. The zero-order chi connectivity index (χ0) is 18.8. The lowest BCUT2D eigenvalue weighted by Crippen LogP contribution is -2.15. The Kier molecular flexibility index (Phi) is 4.54. The predicted octanol–water partition coefficient (Wildman–Crippen LogP) is 4.12. The largest absolute Gasteiger partial charge is 0.497 e. The first kappa shape index (κ1) is 17.1. The number of hydrogen-bond acceptors (Lipinski definition) is 5. The van der Waals surface area contributed by atoms with E-state index in [4.69, 9.17) is 14.5 Å². The third kappa shape index (κ3) is 3.38. The van der Waals surface area contributed by atoms with Crippen molar-refractivity contribution < 1.29 is 9.47 Å². The molecule has 0 saturated carbocycles. The molecule has 2 heterocycles. The first-order valence-corrected chi connectivity index (χ1v) is 8.82. The Morgan fingerprint density at radius 1 is 1.11 bits per heavy atom. The minimum atomic E-state index is -0.0161. The van der Waals surface area contributed by atoms with E-state index in [2.05, 4.69) is 10.4 Å². The van der Waals surface area contributed by atoms with Gasteiger partial charge in [0.2, 0.25) is 0 Å². The van der Waals surface area contributed by atoms with E-state index in [-0.39, 0.29) is 6.04 Å². The summed E-state index contributed by atoms with van der Waals surface area (Å²) in [7, 11) is 5.27. The van der Waals surface area contributed by atoms with Gasteiger partial charge in [0.25, 0.3) is 0 Å². The zero-order valence-corrected chi connectivity index (χ0v) is 15.6. The van der Waals surface area contributed by atoms with Gasteiger partial charge in [0.1, 0.15) is 11.5 Å². The summed E-state index contributed by atoms with van der Waals surface area (Å²) in [6, 6.07) is 13.9. The Balaban J connectivity index is 1.82. The van der Waals surface area contributed by atoms with Crippen molar-refractivity contribution in [3.8, 4) is 11.5 Å². The van der Waals surface area contributed by atoms with Crippen LogP contribution in [0.15, 0.2) is 59.9 Å². The Hall–Kier alpha value is -3.28. The van der Waals surface area contributed by atoms with Gasteiger partial charge < -0.3 is 14.8 Å². The molecule has 1 aliphatic rings. The van der Waals surface area contributed by atoms with Gasteiger partial charge in [0.15, 0.2) is 0 Å². The maximum Gasteiger partial charge on any atom is 0.124 e. The van der Waals surface area contributed by atoms with Gasteiger partial charge >= 0.3 is 0 Å². The molecule has 1 aliphatic heterocycles. The van der Waals surface area contributed by atoms with Crippen molar-refractivity contribution in [1.29, 1.82) is 0 Å². The summed E-state index contributed by atoms with van der Waals surface area (Å²) in [5, 5.41) is 7.94. The molecule has 6 nitrogen and oxygen atoms in total. The highest BCUT2D eigenvalue weighted by atomic mass is 16.5. The molecule has 0 amide bonds. The number of methoxy groups -OCH3 is 2. The van der Waals surface area contributed by atoms with E-state index in [1.807, 2.05) is 61.9 Å². The topological polar surface area (TPSA) is 60.7 Å². The van der Waals surface area contributed by atoms with Crippen LogP contribution in [0, 0.1) is 0 Å². The summed E-state index contributed by atoms with van der Waals surface area (Å²) >= 11 is 0. The van der Waals surface area contributed by atoms with E-state index in [0.29, 0.717) is 6.42 Å². The monoisotopic (exact) mass is 362 g/mol. The summed E-state index contributed by atoms with van der Waals surface area (Å²) in [6.45, 7) is 0. The first-order chi connectivity index (χ1) is 13.2. The van der Waals surface area contributed by atoms with E-state index in [9.17, 15) is 0 Å². The summed E-state index contributed by atoms with van der Waals surface area (Å²) in [5.74, 6) is 1.61. The van der Waals surface area contributed by atoms with E-state index in [0.717, 1.165) is 39.7 Å². The molecule has 1 N–H and O–H groups in total. The number of ether oxygens (including phenoxy) is 2. The van der Waals surface area contributed by atoms with Gasteiger partial charge in [-0.3, -0.25) is 9.67 Å². The number of hydrogen-bond donors (Lipinski definition) is 1.